The van der Waals surface area contributed by atoms with E-state index in [-0.39, 0.29) is 5.92 Å². The number of nitrogens with zero attached hydrogens (tertiary/aromatic N) is 5. The summed E-state index contributed by atoms with van der Waals surface area (Å²) < 4.78 is 14.6. The van der Waals surface area contributed by atoms with Crippen LogP contribution in [0.15, 0.2) is 36.7 Å². The molecule has 0 fully saturated rings. The second-order valence-electron chi connectivity index (χ2n) is 9.21. The lowest BCUT2D eigenvalue weighted by molar-refractivity contribution is 0.0565. The monoisotopic (exact) mass is 438 g/mol. The van der Waals surface area contributed by atoms with Gasteiger partial charge in [0, 0.05) is 13.1 Å². The van der Waals surface area contributed by atoms with Crippen LogP contribution in [0.1, 0.15) is 33.3 Å². The number of hydrogen-bond acceptors (Lipinski definition) is 6. The Hall–Kier alpha value is -3.49. The van der Waals surface area contributed by atoms with Crippen LogP contribution < -0.4 is 15.4 Å². The van der Waals surface area contributed by atoms with Crippen LogP contribution in [0.25, 0.3) is 11.3 Å². The molecule has 1 atom stereocenters. The Labute approximate surface area is 187 Å². The zero-order valence-corrected chi connectivity index (χ0v) is 19.2. The number of methoxy groups -OCH3 is 1. The van der Waals surface area contributed by atoms with Gasteiger partial charge < -0.3 is 15.2 Å². The van der Waals surface area contributed by atoms with Gasteiger partial charge in [-0.25, -0.2) is 9.48 Å². The summed E-state index contributed by atoms with van der Waals surface area (Å²) in [7, 11) is 1.64. The van der Waals surface area contributed by atoms with E-state index in [1.165, 1.54) is 0 Å². The van der Waals surface area contributed by atoms with Gasteiger partial charge in [-0.15, -0.1) is 0 Å². The summed E-state index contributed by atoms with van der Waals surface area (Å²) in [5.74, 6) is 1.71. The van der Waals surface area contributed by atoms with Crippen LogP contribution in [-0.4, -0.2) is 44.9 Å². The fourth-order valence-electron chi connectivity index (χ4n) is 3.91. The lowest BCUT2D eigenvalue weighted by Gasteiger charge is -2.34. The Morgan fingerprint density at radius 3 is 2.53 bits per heavy atom. The molecule has 4 rings (SSSR count). The number of amides is 1. The molecule has 170 valence electrons. The molecule has 9 nitrogen and oxygen atoms in total. The van der Waals surface area contributed by atoms with Gasteiger partial charge in [-0.2, -0.15) is 10.2 Å². The molecule has 0 saturated carbocycles. The molecule has 1 amide bonds. The van der Waals surface area contributed by atoms with Crippen LogP contribution in [0.3, 0.4) is 0 Å². The average molecular weight is 439 g/mol. The van der Waals surface area contributed by atoms with Crippen molar-refractivity contribution in [2.75, 3.05) is 24.3 Å². The first kappa shape index (κ1) is 21.7. The van der Waals surface area contributed by atoms with Gasteiger partial charge in [0.2, 0.25) is 0 Å². The Kier molecular flexibility index (Phi) is 5.58. The second-order valence-corrected chi connectivity index (χ2v) is 9.21. The fraction of sp³-hybridized carbons (Fsp3) is 0.435. The van der Waals surface area contributed by atoms with E-state index in [2.05, 4.69) is 17.1 Å². The van der Waals surface area contributed by atoms with Gasteiger partial charge in [-0.05, 0) is 44.4 Å². The SMILES string of the molecule is COc1ccc(Cn2ncc(N)c2-c2cnn3c2N(C(=O)OC(C)(C)C)CC(C)C3)cc1. The van der Waals surface area contributed by atoms with Crippen LogP contribution in [-0.2, 0) is 17.8 Å². The summed E-state index contributed by atoms with van der Waals surface area (Å²) in [6, 6.07) is 7.80. The molecule has 0 bridgehead atoms. The van der Waals surface area contributed by atoms with Crippen LogP contribution >= 0.6 is 0 Å². The summed E-state index contributed by atoms with van der Waals surface area (Å²) in [6.07, 6.45) is 2.99. The number of ether oxygens (including phenoxy) is 2. The third kappa shape index (κ3) is 4.28. The largest absolute Gasteiger partial charge is 0.497 e. The number of carbonyl (C=O) groups excluding carboxylic acids is 1. The summed E-state index contributed by atoms with van der Waals surface area (Å²) in [5.41, 5.74) is 8.80. The van der Waals surface area contributed by atoms with E-state index in [1.807, 2.05) is 54.4 Å². The molecule has 1 aliphatic rings. The highest BCUT2D eigenvalue weighted by molar-refractivity contribution is 5.94. The summed E-state index contributed by atoms with van der Waals surface area (Å²) in [5, 5.41) is 9.05. The van der Waals surface area contributed by atoms with E-state index in [0.29, 0.717) is 31.1 Å². The van der Waals surface area contributed by atoms with Crippen molar-refractivity contribution >= 4 is 17.6 Å². The number of rotatable bonds is 4. The standard InChI is InChI=1S/C23H30N6O3/c1-15-12-27(22(30)32-23(2,3)4)21-18(10-25-29(21)13-15)20-19(24)11-26-28(20)14-16-6-8-17(31-5)9-7-16/h6-11,15H,12-14,24H2,1-5H3. The molecule has 3 heterocycles. The third-order valence-electron chi connectivity index (χ3n) is 5.27. The number of nitrogen functional groups attached to an aromatic ring is 1. The number of carbonyl (C=O) groups is 1. The first-order chi connectivity index (χ1) is 15.2. The Bertz CT molecular complexity index is 1110. The number of aromatic nitrogens is 4. The molecule has 0 saturated heterocycles. The van der Waals surface area contributed by atoms with E-state index in [0.717, 1.165) is 22.6 Å². The van der Waals surface area contributed by atoms with E-state index >= 15 is 0 Å². The number of nitrogens with two attached hydrogens (primary N) is 1. The Balaban J connectivity index is 1.73. The predicted octanol–water partition coefficient (Wildman–Crippen LogP) is 3.78. The molecular formula is C23H30N6O3. The summed E-state index contributed by atoms with van der Waals surface area (Å²) in [4.78, 5) is 14.7. The number of benzene rings is 1. The maximum atomic E-state index is 13.1. The molecule has 2 aromatic heterocycles. The maximum absolute atomic E-state index is 13.1. The van der Waals surface area contributed by atoms with Gasteiger partial charge in [0.15, 0.2) is 0 Å². The summed E-state index contributed by atoms with van der Waals surface area (Å²) in [6.45, 7) is 9.43. The van der Waals surface area contributed by atoms with Crippen molar-refractivity contribution in [3.63, 3.8) is 0 Å². The molecular weight excluding hydrogens is 408 g/mol. The number of hydrogen-bond donors (Lipinski definition) is 1. The average Bonchev–Trinajstić information content (AvgIpc) is 3.29. The normalized spacial score (nSPS) is 16.0. The smallest absolute Gasteiger partial charge is 0.416 e. The predicted molar refractivity (Wildman–Crippen MR) is 123 cm³/mol. The van der Waals surface area contributed by atoms with Crippen LogP contribution in [0.4, 0.5) is 16.3 Å². The minimum atomic E-state index is -0.599. The van der Waals surface area contributed by atoms with Gasteiger partial charge in [-0.1, -0.05) is 19.1 Å². The molecule has 0 aliphatic carbocycles. The van der Waals surface area contributed by atoms with E-state index in [4.69, 9.17) is 15.2 Å². The van der Waals surface area contributed by atoms with Crippen molar-refractivity contribution in [1.29, 1.82) is 0 Å². The summed E-state index contributed by atoms with van der Waals surface area (Å²) >= 11 is 0. The van der Waals surface area contributed by atoms with Crippen LogP contribution in [0.5, 0.6) is 5.75 Å². The molecule has 3 aromatic rings. The highest BCUT2D eigenvalue weighted by Gasteiger charge is 2.34. The molecule has 0 radical (unpaired) electrons. The molecule has 32 heavy (non-hydrogen) atoms. The highest BCUT2D eigenvalue weighted by atomic mass is 16.6. The molecule has 1 aromatic carbocycles. The van der Waals surface area contributed by atoms with Crippen molar-refractivity contribution in [3.8, 4) is 17.0 Å². The highest BCUT2D eigenvalue weighted by Crippen LogP contribution is 2.38. The molecule has 2 N–H and O–H groups in total. The van der Waals surface area contributed by atoms with E-state index in [1.54, 1.807) is 24.4 Å². The Morgan fingerprint density at radius 1 is 1.16 bits per heavy atom. The zero-order valence-electron chi connectivity index (χ0n) is 19.2. The van der Waals surface area contributed by atoms with Crippen molar-refractivity contribution in [2.45, 2.75) is 46.4 Å². The lowest BCUT2D eigenvalue weighted by atomic mass is 10.1. The van der Waals surface area contributed by atoms with Crippen LogP contribution in [0, 0.1) is 5.92 Å². The minimum absolute atomic E-state index is 0.240. The quantitative estimate of drug-likeness (QED) is 0.665. The van der Waals surface area contributed by atoms with Crippen molar-refractivity contribution in [3.05, 3.63) is 42.2 Å². The molecule has 1 aliphatic heterocycles. The topological polar surface area (TPSA) is 100 Å². The first-order valence-electron chi connectivity index (χ1n) is 10.7. The Morgan fingerprint density at radius 2 is 1.88 bits per heavy atom. The van der Waals surface area contributed by atoms with Gasteiger partial charge in [0.05, 0.1) is 43.0 Å². The fourth-order valence-corrected chi connectivity index (χ4v) is 3.91. The molecule has 9 heteroatoms. The van der Waals surface area contributed by atoms with Crippen molar-refractivity contribution in [1.82, 2.24) is 19.6 Å². The lowest BCUT2D eigenvalue weighted by Crippen LogP contribution is -2.44. The minimum Gasteiger partial charge on any atom is -0.497 e. The van der Waals surface area contributed by atoms with E-state index < -0.39 is 11.7 Å². The zero-order chi connectivity index (χ0) is 23.0. The third-order valence-corrected chi connectivity index (χ3v) is 5.27. The molecule has 1 unspecified atom stereocenters. The van der Waals surface area contributed by atoms with E-state index in [9.17, 15) is 4.79 Å². The first-order valence-corrected chi connectivity index (χ1v) is 10.7. The number of fused-ring (bicyclic) bond motifs is 1. The van der Waals surface area contributed by atoms with Crippen LogP contribution in [0.2, 0.25) is 0 Å². The second kappa shape index (κ2) is 8.22. The van der Waals surface area contributed by atoms with Gasteiger partial charge in [-0.3, -0.25) is 9.58 Å². The van der Waals surface area contributed by atoms with Gasteiger partial charge in [0.25, 0.3) is 0 Å². The van der Waals surface area contributed by atoms with Crippen molar-refractivity contribution < 1.29 is 14.3 Å². The number of anilines is 2. The molecule has 0 spiro atoms. The van der Waals surface area contributed by atoms with Crippen molar-refractivity contribution in [2.24, 2.45) is 5.92 Å². The maximum Gasteiger partial charge on any atom is 0.416 e. The van der Waals surface area contributed by atoms with Gasteiger partial charge in [0.1, 0.15) is 17.2 Å². The van der Waals surface area contributed by atoms with Gasteiger partial charge >= 0.3 is 6.09 Å².